The van der Waals surface area contributed by atoms with Gasteiger partial charge in [-0.25, -0.2) is 0 Å². The van der Waals surface area contributed by atoms with Crippen LogP contribution in [-0.2, 0) is 17.8 Å². The van der Waals surface area contributed by atoms with Gasteiger partial charge in [-0.15, -0.1) is 0 Å². The summed E-state index contributed by atoms with van der Waals surface area (Å²) in [5, 5.41) is 10.8. The van der Waals surface area contributed by atoms with Crippen molar-refractivity contribution in [1.82, 2.24) is 25.7 Å². The molecule has 2 N–H and O–H groups in total. The van der Waals surface area contributed by atoms with Crippen LogP contribution in [0.1, 0.15) is 44.8 Å². The van der Waals surface area contributed by atoms with Gasteiger partial charge in [0.15, 0.2) is 5.82 Å². The Morgan fingerprint density at radius 1 is 1.42 bits per heavy atom. The van der Waals surface area contributed by atoms with Crippen molar-refractivity contribution in [2.24, 2.45) is 11.3 Å². The molecule has 134 valence electrons. The van der Waals surface area contributed by atoms with Crippen molar-refractivity contribution in [3.05, 3.63) is 11.7 Å². The molecular formula is C17H29N5O2. The lowest BCUT2D eigenvalue weighted by atomic mass is 9.77. The van der Waals surface area contributed by atoms with Gasteiger partial charge in [0.25, 0.3) is 0 Å². The summed E-state index contributed by atoms with van der Waals surface area (Å²) in [7, 11) is 1.81. The Kier molecular flexibility index (Phi) is 5.20. The highest BCUT2D eigenvalue weighted by atomic mass is 16.5. The van der Waals surface area contributed by atoms with Crippen molar-refractivity contribution in [2.45, 2.75) is 52.1 Å². The van der Waals surface area contributed by atoms with Crippen LogP contribution in [0.5, 0.6) is 0 Å². The molecule has 2 saturated heterocycles. The molecule has 1 amide bonds. The van der Waals surface area contributed by atoms with E-state index in [1.54, 1.807) is 4.90 Å². The first-order chi connectivity index (χ1) is 11.5. The van der Waals surface area contributed by atoms with E-state index in [0.29, 0.717) is 29.6 Å². The highest BCUT2D eigenvalue weighted by Gasteiger charge is 2.42. The van der Waals surface area contributed by atoms with E-state index in [0.717, 1.165) is 45.3 Å². The fourth-order valence-corrected chi connectivity index (χ4v) is 3.78. The lowest BCUT2D eigenvalue weighted by Crippen LogP contribution is -2.41. The van der Waals surface area contributed by atoms with Crippen LogP contribution in [0.25, 0.3) is 0 Å². The smallest absolute Gasteiger partial charge is 0.246 e. The molecule has 3 rings (SSSR count). The average Bonchev–Trinajstić information content (AvgIpc) is 3.14. The third-order valence-corrected chi connectivity index (χ3v) is 5.17. The first-order valence-corrected chi connectivity index (χ1v) is 8.98. The molecular weight excluding hydrogens is 306 g/mol. The predicted octanol–water partition coefficient (Wildman–Crippen LogP) is 0.958. The van der Waals surface area contributed by atoms with Crippen molar-refractivity contribution in [1.29, 1.82) is 0 Å². The summed E-state index contributed by atoms with van der Waals surface area (Å²) in [6.07, 6.45) is 4.02. The molecule has 0 radical (unpaired) electrons. The number of aromatic nitrogens is 2. The lowest BCUT2D eigenvalue weighted by molar-refractivity contribution is -0.132. The van der Waals surface area contributed by atoms with Gasteiger partial charge in [0.2, 0.25) is 11.8 Å². The molecule has 1 aromatic heterocycles. The zero-order valence-corrected chi connectivity index (χ0v) is 15.0. The normalized spacial score (nSPS) is 23.1. The fraction of sp³-hybridized carbons (Fsp3) is 0.824. The Morgan fingerprint density at radius 3 is 2.88 bits per heavy atom. The van der Waals surface area contributed by atoms with Gasteiger partial charge < -0.3 is 20.1 Å². The first-order valence-electron chi connectivity index (χ1n) is 8.98. The van der Waals surface area contributed by atoms with Gasteiger partial charge in [0.05, 0.1) is 12.6 Å². The van der Waals surface area contributed by atoms with Gasteiger partial charge in [0.1, 0.15) is 0 Å². The van der Waals surface area contributed by atoms with Crippen LogP contribution in [0.4, 0.5) is 0 Å². The highest BCUT2D eigenvalue weighted by molar-refractivity contribution is 5.82. The second-order valence-electron chi connectivity index (χ2n) is 7.78. The zero-order chi connectivity index (χ0) is 17.2. The number of carbonyl (C=O) groups is 1. The van der Waals surface area contributed by atoms with Crippen molar-refractivity contribution in [3.8, 4) is 0 Å². The lowest BCUT2D eigenvalue weighted by Gasteiger charge is -2.33. The van der Waals surface area contributed by atoms with Crippen LogP contribution in [0.2, 0.25) is 0 Å². The molecule has 0 aliphatic carbocycles. The van der Waals surface area contributed by atoms with E-state index in [2.05, 4.69) is 34.6 Å². The number of hydrogen-bond donors (Lipinski definition) is 2. The maximum atomic E-state index is 12.7. The van der Waals surface area contributed by atoms with Gasteiger partial charge in [-0.3, -0.25) is 4.79 Å². The largest absolute Gasteiger partial charge is 0.337 e. The fourth-order valence-electron chi connectivity index (χ4n) is 3.78. The Hall–Kier alpha value is -1.47. The molecule has 2 aliphatic heterocycles. The summed E-state index contributed by atoms with van der Waals surface area (Å²) >= 11 is 0. The second kappa shape index (κ2) is 7.19. The second-order valence-corrected chi connectivity index (χ2v) is 7.78. The number of nitrogens with one attached hydrogen (secondary N) is 2. The van der Waals surface area contributed by atoms with Crippen molar-refractivity contribution in [2.75, 3.05) is 26.7 Å². The van der Waals surface area contributed by atoms with Crippen LogP contribution in [-0.4, -0.2) is 53.7 Å². The Balaban J connectivity index is 1.54. The molecule has 7 heteroatoms. The van der Waals surface area contributed by atoms with E-state index in [1.165, 1.54) is 0 Å². The van der Waals surface area contributed by atoms with Gasteiger partial charge in [-0.1, -0.05) is 19.0 Å². The van der Waals surface area contributed by atoms with E-state index < -0.39 is 0 Å². The van der Waals surface area contributed by atoms with Gasteiger partial charge in [-0.05, 0) is 43.7 Å². The number of carbonyl (C=O) groups excluding carboxylic acids is 1. The number of hydrogen-bond acceptors (Lipinski definition) is 6. The first kappa shape index (κ1) is 17.4. The monoisotopic (exact) mass is 335 g/mol. The van der Waals surface area contributed by atoms with Crippen LogP contribution in [0.15, 0.2) is 4.52 Å². The van der Waals surface area contributed by atoms with Crippen molar-refractivity contribution < 1.29 is 9.32 Å². The molecule has 1 spiro atoms. The van der Waals surface area contributed by atoms with Crippen LogP contribution in [0.3, 0.4) is 0 Å². The van der Waals surface area contributed by atoms with Crippen LogP contribution >= 0.6 is 0 Å². The Labute approximate surface area is 143 Å². The summed E-state index contributed by atoms with van der Waals surface area (Å²) in [5.74, 6) is 1.83. The van der Waals surface area contributed by atoms with Gasteiger partial charge >= 0.3 is 0 Å². The standard InChI is InChI=1S/C17H29N5O2/c1-12(2)8-14-20-15(24-21-14)10-22(3)16(23)13-9-17(11-19-13)4-6-18-7-5-17/h12-13,18-19H,4-11H2,1-3H3/t13-/m1/s1. The summed E-state index contributed by atoms with van der Waals surface area (Å²) in [6.45, 7) is 7.66. The SMILES string of the molecule is CC(C)Cc1noc(CN(C)C(=O)[C@H]2CC3(CCNCC3)CN2)n1. The average molecular weight is 335 g/mol. The van der Waals surface area contributed by atoms with Crippen molar-refractivity contribution in [3.63, 3.8) is 0 Å². The van der Waals surface area contributed by atoms with Gasteiger partial charge in [-0.2, -0.15) is 4.98 Å². The number of piperidine rings is 1. The van der Waals surface area contributed by atoms with E-state index in [9.17, 15) is 4.79 Å². The van der Waals surface area contributed by atoms with Crippen LogP contribution < -0.4 is 10.6 Å². The Morgan fingerprint density at radius 2 is 2.17 bits per heavy atom. The van der Waals surface area contributed by atoms with E-state index in [4.69, 9.17) is 4.52 Å². The van der Waals surface area contributed by atoms with E-state index in [-0.39, 0.29) is 11.9 Å². The number of nitrogens with zero attached hydrogens (tertiary/aromatic N) is 3. The number of rotatable bonds is 5. The summed E-state index contributed by atoms with van der Waals surface area (Å²) in [6, 6.07) is -0.0915. The minimum Gasteiger partial charge on any atom is -0.337 e. The molecule has 0 aromatic carbocycles. The van der Waals surface area contributed by atoms with Crippen molar-refractivity contribution >= 4 is 5.91 Å². The van der Waals surface area contributed by atoms with Gasteiger partial charge in [0, 0.05) is 20.0 Å². The maximum absolute atomic E-state index is 12.7. The molecule has 0 unspecified atom stereocenters. The van der Waals surface area contributed by atoms with E-state index >= 15 is 0 Å². The minimum absolute atomic E-state index is 0.0915. The molecule has 2 fully saturated rings. The summed E-state index contributed by atoms with van der Waals surface area (Å²) < 4.78 is 5.28. The summed E-state index contributed by atoms with van der Waals surface area (Å²) in [5.41, 5.74) is 0.293. The minimum atomic E-state index is -0.0915. The molecule has 0 saturated carbocycles. The Bertz CT molecular complexity index is 565. The number of amides is 1. The molecule has 24 heavy (non-hydrogen) atoms. The molecule has 1 atom stereocenters. The number of likely N-dealkylation sites (N-methyl/N-ethyl adjacent to an activating group) is 1. The molecule has 0 bridgehead atoms. The summed E-state index contributed by atoms with van der Waals surface area (Å²) in [4.78, 5) is 18.8. The quantitative estimate of drug-likeness (QED) is 0.834. The molecule has 2 aliphatic rings. The highest BCUT2D eigenvalue weighted by Crippen LogP contribution is 2.37. The molecule has 7 nitrogen and oxygen atoms in total. The zero-order valence-electron chi connectivity index (χ0n) is 15.0. The topological polar surface area (TPSA) is 83.3 Å². The van der Waals surface area contributed by atoms with E-state index in [1.807, 2.05) is 7.05 Å². The molecule has 3 heterocycles. The van der Waals surface area contributed by atoms with Crippen LogP contribution in [0, 0.1) is 11.3 Å². The maximum Gasteiger partial charge on any atom is 0.246 e. The predicted molar refractivity (Wildman–Crippen MR) is 90.3 cm³/mol. The third kappa shape index (κ3) is 3.95. The molecule has 1 aromatic rings. The third-order valence-electron chi connectivity index (χ3n) is 5.17.